The maximum atomic E-state index is 5.91. The summed E-state index contributed by atoms with van der Waals surface area (Å²) in [5.74, 6) is 0. The van der Waals surface area contributed by atoms with Gasteiger partial charge >= 0.3 is 0 Å². The van der Waals surface area contributed by atoms with Gasteiger partial charge in [0.2, 0.25) is 0 Å². The van der Waals surface area contributed by atoms with Crippen LogP contribution < -0.4 is 0 Å². The van der Waals surface area contributed by atoms with Crippen LogP contribution in [0.4, 0.5) is 0 Å². The number of fused-ring (bicyclic) bond motifs is 1. The Morgan fingerprint density at radius 2 is 2.00 bits per heavy atom. The summed E-state index contributed by atoms with van der Waals surface area (Å²) in [5.41, 5.74) is 2.68. The molecule has 1 aliphatic rings. The molecule has 1 nitrogen and oxygen atoms in total. The molecule has 92 valence electrons. The van der Waals surface area contributed by atoms with Gasteiger partial charge in [0.25, 0.3) is 0 Å². The predicted molar refractivity (Wildman–Crippen MR) is 77.2 cm³/mol. The second-order valence-corrected chi connectivity index (χ2v) is 6.21. The predicted octanol–water partition coefficient (Wildman–Crippen LogP) is 4.90. The molecular formula is C15H14ClNS. The zero-order chi connectivity index (χ0) is 12.4. The van der Waals surface area contributed by atoms with E-state index in [2.05, 4.69) is 23.2 Å². The molecule has 0 N–H and O–H groups in total. The van der Waals surface area contributed by atoms with Crippen LogP contribution in [0.1, 0.15) is 29.3 Å². The topological polar surface area (TPSA) is 12.9 Å². The van der Waals surface area contributed by atoms with Crippen molar-refractivity contribution in [3.63, 3.8) is 0 Å². The molecule has 0 radical (unpaired) electrons. The van der Waals surface area contributed by atoms with Crippen molar-refractivity contribution in [2.75, 3.05) is 0 Å². The molecule has 0 saturated heterocycles. The first-order valence-corrected chi connectivity index (χ1v) is 7.45. The fourth-order valence-corrected chi connectivity index (χ4v) is 3.72. The maximum Gasteiger partial charge on any atom is 0.0569 e. The first-order chi connectivity index (χ1) is 8.83. The van der Waals surface area contributed by atoms with Crippen molar-refractivity contribution in [1.29, 1.82) is 0 Å². The number of thioether (sulfide) groups is 1. The molecule has 1 heterocycles. The van der Waals surface area contributed by atoms with Gasteiger partial charge in [0, 0.05) is 16.1 Å². The molecular weight excluding hydrogens is 262 g/mol. The van der Waals surface area contributed by atoms with E-state index in [1.54, 1.807) is 0 Å². The average molecular weight is 276 g/mol. The van der Waals surface area contributed by atoms with Crippen LogP contribution in [-0.2, 0) is 6.42 Å². The first-order valence-electron chi connectivity index (χ1n) is 6.19. The Labute approximate surface area is 117 Å². The van der Waals surface area contributed by atoms with Crippen LogP contribution in [0, 0.1) is 0 Å². The van der Waals surface area contributed by atoms with E-state index < -0.39 is 0 Å². The molecule has 0 aliphatic heterocycles. The third-order valence-electron chi connectivity index (χ3n) is 3.24. The summed E-state index contributed by atoms with van der Waals surface area (Å²) >= 11 is 7.81. The van der Waals surface area contributed by atoms with Gasteiger partial charge in [-0.05, 0) is 55.2 Å². The Morgan fingerprint density at radius 1 is 1.17 bits per heavy atom. The molecule has 0 bridgehead atoms. The summed E-state index contributed by atoms with van der Waals surface area (Å²) in [7, 11) is 0. The average Bonchev–Trinajstić information content (AvgIpc) is 2.42. The number of hydrogen-bond donors (Lipinski definition) is 0. The van der Waals surface area contributed by atoms with Crippen molar-refractivity contribution in [3.8, 4) is 0 Å². The monoisotopic (exact) mass is 275 g/mol. The van der Waals surface area contributed by atoms with E-state index in [4.69, 9.17) is 11.6 Å². The largest absolute Gasteiger partial charge is 0.260 e. The zero-order valence-electron chi connectivity index (χ0n) is 9.97. The second-order valence-electron chi connectivity index (χ2n) is 4.50. The standard InChI is InChI=1S/C15H14ClNS/c16-12-6-8-13(9-7-12)18-14-5-1-3-11-4-2-10-17-15(11)14/h2,4,6-10,14H,1,3,5H2. The third kappa shape index (κ3) is 2.55. The Hall–Kier alpha value is -0.990. The normalized spacial score (nSPS) is 18.4. The van der Waals surface area contributed by atoms with Crippen LogP contribution in [0.5, 0.6) is 0 Å². The van der Waals surface area contributed by atoms with Gasteiger partial charge in [-0.3, -0.25) is 4.98 Å². The Kier molecular flexibility index (Phi) is 3.57. The maximum absolute atomic E-state index is 5.91. The van der Waals surface area contributed by atoms with E-state index in [0.717, 1.165) is 5.02 Å². The van der Waals surface area contributed by atoms with E-state index in [9.17, 15) is 0 Å². The molecule has 1 aromatic heterocycles. The van der Waals surface area contributed by atoms with Crippen molar-refractivity contribution in [1.82, 2.24) is 4.98 Å². The molecule has 0 fully saturated rings. The highest BCUT2D eigenvalue weighted by Gasteiger charge is 2.21. The van der Waals surface area contributed by atoms with Gasteiger partial charge < -0.3 is 0 Å². The lowest BCUT2D eigenvalue weighted by atomic mass is 9.96. The quantitative estimate of drug-likeness (QED) is 0.773. The van der Waals surface area contributed by atoms with Gasteiger partial charge in [-0.15, -0.1) is 11.8 Å². The van der Waals surface area contributed by atoms with Crippen molar-refractivity contribution in [2.24, 2.45) is 0 Å². The lowest BCUT2D eigenvalue weighted by molar-refractivity contribution is 0.656. The van der Waals surface area contributed by atoms with E-state index >= 15 is 0 Å². The van der Waals surface area contributed by atoms with Crippen LogP contribution >= 0.6 is 23.4 Å². The molecule has 0 saturated carbocycles. The molecule has 1 atom stereocenters. The van der Waals surface area contributed by atoms with E-state index in [0.29, 0.717) is 5.25 Å². The van der Waals surface area contributed by atoms with Crippen molar-refractivity contribution >= 4 is 23.4 Å². The van der Waals surface area contributed by atoms with Gasteiger partial charge in [0.05, 0.1) is 10.9 Å². The number of halogens is 1. The number of hydrogen-bond acceptors (Lipinski definition) is 2. The summed E-state index contributed by atoms with van der Waals surface area (Å²) in [4.78, 5) is 5.83. The number of benzene rings is 1. The minimum atomic E-state index is 0.483. The molecule has 3 heteroatoms. The highest BCUT2D eigenvalue weighted by molar-refractivity contribution is 7.99. The van der Waals surface area contributed by atoms with Crippen LogP contribution in [0.25, 0.3) is 0 Å². The zero-order valence-corrected chi connectivity index (χ0v) is 11.5. The smallest absolute Gasteiger partial charge is 0.0569 e. The number of aryl methyl sites for hydroxylation is 1. The molecule has 1 unspecified atom stereocenters. The van der Waals surface area contributed by atoms with E-state index in [1.807, 2.05) is 36.2 Å². The minimum absolute atomic E-state index is 0.483. The van der Waals surface area contributed by atoms with Crippen LogP contribution in [0.2, 0.25) is 5.02 Å². The Morgan fingerprint density at radius 3 is 2.83 bits per heavy atom. The lowest BCUT2D eigenvalue weighted by Gasteiger charge is -2.23. The molecule has 2 aromatic rings. The summed E-state index contributed by atoms with van der Waals surface area (Å²) in [6.07, 6.45) is 5.53. The van der Waals surface area contributed by atoms with Crippen LogP contribution in [0.15, 0.2) is 47.5 Å². The summed E-state index contributed by atoms with van der Waals surface area (Å²) in [5, 5.41) is 1.28. The number of aromatic nitrogens is 1. The lowest BCUT2D eigenvalue weighted by Crippen LogP contribution is -2.08. The van der Waals surface area contributed by atoms with Gasteiger partial charge in [-0.1, -0.05) is 17.7 Å². The first kappa shape index (κ1) is 12.1. The molecule has 1 aromatic carbocycles. The summed E-state index contributed by atoms with van der Waals surface area (Å²) in [6, 6.07) is 12.3. The summed E-state index contributed by atoms with van der Waals surface area (Å²) in [6.45, 7) is 0. The van der Waals surface area contributed by atoms with Gasteiger partial charge in [-0.2, -0.15) is 0 Å². The number of pyridine rings is 1. The summed E-state index contributed by atoms with van der Waals surface area (Å²) < 4.78 is 0. The molecule has 0 spiro atoms. The molecule has 0 amide bonds. The highest BCUT2D eigenvalue weighted by Crippen LogP contribution is 2.42. The van der Waals surface area contributed by atoms with Gasteiger partial charge in [-0.25, -0.2) is 0 Å². The fourth-order valence-electron chi connectivity index (χ4n) is 2.36. The minimum Gasteiger partial charge on any atom is -0.260 e. The highest BCUT2D eigenvalue weighted by atomic mass is 35.5. The van der Waals surface area contributed by atoms with Crippen molar-refractivity contribution in [2.45, 2.75) is 29.4 Å². The third-order valence-corrected chi connectivity index (χ3v) is 4.78. The fraction of sp³-hybridized carbons (Fsp3) is 0.267. The SMILES string of the molecule is Clc1ccc(SC2CCCc3cccnc32)cc1. The number of rotatable bonds is 2. The van der Waals surface area contributed by atoms with Gasteiger partial charge in [0.15, 0.2) is 0 Å². The Bertz CT molecular complexity index is 538. The number of nitrogens with zero attached hydrogens (tertiary/aromatic N) is 1. The van der Waals surface area contributed by atoms with Crippen LogP contribution in [-0.4, -0.2) is 4.98 Å². The molecule has 18 heavy (non-hydrogen) atoms. The van der Waals surface area contributed by atoms with Gasteiger partial charge in [0.1, 0.15) is 0 Å². The molecule has 3 rings (SSSR count). The van der Waals surface area contributed by atoms with E-state index in [-0.39, 0.29) is 0 Å². The van der Waals surface area contributed by atoms with Crippen LogP contribution in [0.3, 0.4) is 0 Å². The Balaban J connectivity index is 1.84. The second kappa shape index (κ2) is 5.33. The van der Waals surface area contributed by atoms with Crippen molar-refractivity contribution < 1.29 is 0 Å². The molecule has 1 aliphatic carbocycles. The van der Waals surface area contributed by atoms with E-state index in [1.165, 1.54) is 35.4 Å². The van der Waals surface area contributed by atoms with Crippen molar-refractivity contribution in [3.05, 3.63) is 58.9 Å².